The molecule has 1 N–H and O–H groups in total. The lowest BCUT2D eigenvalue weighted by molar-refractivity contribution is 0.0737. The maximum atomic E-state index is 13.4. The van der Waals surface area contributed by atoms with Crippen molar-refractivity contribution in [3.8, 4) is 11.1 Å². The highest BCUT2D eigenvalue weighted by Gasteiger charge is 2.35. The van der Waals surface area contributed by atoms with Gasteiger partial charge in [-0.25, -0.2) is 15.0 Å². The molecule has 0 saturated carbocycles. The van der Waals surface area contributed by atoms with E-state index < -0.39 is 0 Å². The van der Waals surface area contributed by atoms with Crippen molar-refractivity contribution in [2.75, 3.05) is 18.4 Å². The number of hydrogen-bond donors (Lipinski definition) is 1. The SMILES string of the molecule is CCNc1nc(C)c(C(=O)N2CCC[C@H]2c2nc(C)ncc2-c2ccncc2)s1. The van der Waals surface area contributed by atoms with E-state index in [9.17, 15) is 4.79 Å². The average molecular weight is 409 g/mol. The maximum absolute atomic E-state index is 13.4. The first kappa shape index (κ1) is 19.4. The van der Waals surface area contributed by atoms with Crippen LogP contribution >= 0.6 is 11.3 Å². The Hall–Kier alpha value is -2.87. The Kier molecular flexibility index (Phi) is 5.53. The Balaban J connectivity index is 1.71. The molecule has 3 aromatic rings. The summed E-state index contributed by atoms with van der Waals surface area (Å²) in [5.74, 6) is 0.740. The number of aromatic nitrogens is 4. The molecule has 29 heavy (non-hydrogen) atoms. The van der Waals surface area contributed by atoms with E-state index in [2.05, 4.69) is 20.3 Å². The Morgan fingerprint density at radius 3 is 2.83 bits per heavy atom. The van der Waals surface area contributed by atoms with Crippen LogP contribution in [0.3, 0.4) is 0 Å². The summed E-state index contributed by atoms with van der Waals surface area (Å²) >= 11 is 1.43. The highest BCUT2D eigenvalue weighted by atomic mass is 32.1. The van der Waals surface area contributed by atoms with Gasteiger partial charge in [0.1, 0.15) is 10.7 Å². The fourth-order valence-corrected chi connectivity index (χ4v) is 4.73. The molecule has 0 aliphatic carbocycles. The molecule has 1 aliphatic heterocycles. The van der Waals surface area contributed by atoms with Crippen molar-refractivity contribution in [2.45, 2.75) is 39.7 Å². The highest BCUT2D eigenvalue weighted by molar-refractivity contribution is 7.17. The molecule has 8 heteroatoms. The summed E-state index contributed by atoms with van der Waals surface area (Å²) in [6.07, 6.45) is 7.22. The fraction of sp³-hybridized carbons (Fsp3) is 0.381. The van der Waals surface area contributed by atoms with Gasteiger partial charge in [0.05, 0.1) is 17.4 Å². The summed E-state index contributed by atoms with van der Waals surface area (Å²) in [7, 11) is 0. The van der Waals surface area contributed by atoms with Gasteiger partial charge in [-0.3, -0.25) is 9.78 Å². The van der Waals surface area contributed by atoms with E-state index in [0.29, 0.717) is 10.7 Å². The number of amides is 1. The summed E-state index contributed by atoms with van der Waals surface area (Å²) in [6, 6.07) is 3.83. The first-order valence-electron chi connectivity index (χ1n) is 9.84. The van der Waals surface area contributed by atoms with Crippen molar-refractivity contribution >= 4 is 22.4 Å². The van der Waals surface area contributed by atoms with Gasteiger partial charge < -0.3 is 10.2 Å². The molecule has 0 bridgehead atoms. The van der Waals surface area contributed by atoms with Crippen LogP contribution in [0, 0.1) is 13.8 Å². The smallest absolute Gasteiger partial charge is 0.266 e. The third-order valence-electron chi connectivity index (χ3n) is 5.08. The number of carbonyl (C=O) groups excluding carboxylic acids is 1. The monoisotopic (exact) mass is 408 g/mol. The van der Waals surface area contributed by atoms with Crippen LogP contribution in [0.1, 0.15) is 52.7 Å². The molecule has 1 fully saturated rings. The van der Waals surface area contributed by atoms with E-state index in [1.807, 2.05) is 44.0 Å². The lowest BCUT2D eigenvalue weighted by atomic mass is 10.0. The van der Waals surface area contributed by atoms with Gasteiger partial charge in [0.2, 0.25) is 0 Å². The molecule has 150 valence electrons. The highest BCUT2D eigenvalue weighted by Crippen LogP contribution is 2.38. The molecule has 0 radical (unpaired) electrons. The van der Waals surface area contributed by atoms with Crippen molar-refractivity contribution in [3.63, 3.8) is 0 Å². The molecule has 0 aromatic carbocycles. The van der Waals surface area contributed by atoms with Crippen molar-refractivity contribution < 1.29 is 4.79 Å². The minimum Gasteiger partial charge on any atom is -0.362 e. The number of anilines is 1. The second kappa shape index (κ2) is 8.24. The zero-order chi connectivity index (χ0) is 20.4. The van der Waals surface area contributed by atoms with E-state index in [0.717, 1.165) is 53.6 Å². The quantitative estimate of drug-likeness (QED) is 0.686. The molecule has 0 spiro atoms. The van der Waals surface area contributed by atoms with E-state index in [1.54, 1.807) is 12.4 Å². The summed E-state index contributed by atoms with van der Waals surface area (Å²) in [5.41, 5.74) is 3.65. The van der Waals surface area contributed by atoms with Gasteiger partial charge in [-0.1, -0.05) is 11.3 Å². The zero-order valence-electron chi connectivity index (χ0n) is 16.8. The van der Waals surface area contributed by atoms with Crippen molar-refractivity contribution in [1.29, 1.82) is 0 Å². The molecular formula is C21H24N6OS. The van der Waals surface area contributed by atoms with Gasteiger partial charge >= 0.3 is 0 Å². The zero-order valence-corrected chi connectivity index (χ0v) is 17.7. The number of thiazole rings is 1. The normalized spacial score (nSPS) is 16.2. The Bertz CT molecular complexity index is 1020. The number of pyridine rings is 1. The molecule has 3 aromatic heterocycles. The Morgan fingerprint density at radius 2 is 2.07 bits per heavy atom. The lowest BCUT2D eigenvalue weighted by Crippen LogP contribution is -2.31. The summed E-state index contributed by atoms with van der Waals surface area (Å²) < 4.78 is 0. The van der Waals surface area contributed by atoms with Crippen LogP contribution in [0.25, 0.3) is 11.1 Å². The topological polar surface area (TPSA) is 83.9 Å². The van der Waals surface area contributed by atoms with E-state index in [1.165, 1.54) is 11.3 Å². The number of hydrogen-bond acceptors (Lipinski definition) is 7. The first-order valence-corrected chi connectivity index (χ1v) is 10.7. The minimum atomic E-state index is -0.0727. The van der Waals surface area contributed by atoms with Gasteiger partial charge in [-0.2, -0.15) is 0 Å². The Morgan fingerprint density at radius 1 is 1.28 bits per heavy atom. The van der Waals surface area contributed by atoms with E-state index >= 15 is 0 Å². The summed E-state index contributed by atoms with van der Waals surface area (Å²) in [4.78, 5) is 33.8. The minimum absolute atomic E-state index is 0.0311. The number of nitrogens with zero attached hydrogens (tertiary/aromatic N) is 5. The summed E-state index contributed by atoms with van der Waals surface area (Å²) in [6.45, 7) is 7.30. The number of rotatable bonds is 5. The lowest BCUT2D eigenvalue weighted by Gasteiger charge is -2.26. The van der Waals surface area contributed by atoms with Crippen LogP contribution in [0.4, 0.5) is 5.13 Å². The van der Waals surface area contributed by atoms with Gasteiger partial charge in [0.25, 0.3) is 5.91 Å². The molecule has 1 amide bonds. The summed E-state index contributed by atoms with van der Waals surface area (Å²) in [5, 5.41) is 4.00. The van der Waals surface area contributed by atoms with Crippen LogP contribution in [-0.2, 0) is 0 Å². The molecule has 0 unspecified atom stereocenters. The largest absolute Gasteiger partial charge is 0.362 e. The molecule has 1 atom stereocenters. The van der Waals surface area contributed by atoms with Crippen LogP contribution < -0.4 is 5.32 Å². The Labute approximate surface area is 174 Å². The molecule has 4 rings (SSSR count). The van der Waals surface area contributed by atoms with E-state index in [4.69, 9.17) is 4.98 Å². The first-order chi connectivity index (χ1) is 14.1. The second-order valence-corrected chi connectivity index (χ2v) is 8.07. The maximum Gasteiger partial charge on any atom is 0.266 e. The third-order valence-corrected chi connectivity index (χ3v) is 6.18. The predicted molar refractivity (Wildman–Crippen MR) is 114 cm³/mol. The molecule has 7 nitrogen and oxygen atoms in total. The van der Waals surface area contributed by atoms with Crippen molar-refractivity contribution in [1.82, 2.24) is 24.8 Å². The predicted octanol–water partition coefficient (Wildman–Crippen LogP) is 4.02. The van der Waals surface area contributed by atoms with Crippen molar-refractivity contribution in [2.24, 2.45) is 0 Å². The van der Waals surface area contributed by atoms with Gasteiger partial charge in [0, 0.05) is 37.2 Å². The van der Waals surface area contributed by atoms with Gasteiger partial charge in [0.15, 0.2) is 5.13 Å². The molecule has 4 heterocycles. The molecule has 1 aliphatic rings. The number of aryl methyl sites for hydroxylation is 2. The number of carbonyl (C=O) groups is 1. The van der Waals surface area contributed by atoms with Crippen molar-refractivity contribution in [3.05, 3.63) is 52.8 Å². The third kappa shape index (κ3) is 3.85. The molecular weight excluding hydrogens is 384 g/mol. The average Bonchev–Trinajstić information content (AvgIpc) is 3.35. The van der Waals surface area contributed by atoms with Crippen LogP contribution in [0.15, 0.2) is 30.7 Å². The van der Waals surface area contributed by atoms with Crippen LogP contribution in [-0.4, -0.2) is 43.8 Å². The molecule has 1 saturated heterocycles. The van der Waals surface area contributed by atoms with Gasteiger partial charge in [-0.15, -0.1) is 0 Å². The fourth-order valence-electron chi connectivity index (χ4n) is 3.74. The number of likely N-dealkylation sites (tertiary alicyclic amines) is 1. The van der Waals surface area contributed by atoms with E-state index in [-0.39, 0.29) is 11.9 Å². The van der Waals surface area contributed by atoms with Gasteiger partial charge in [-0.05, 0) is 51.3 Å². The standard InChI is InChI=1S/C21H24N6OS/c1-4-23-21-25-13(2)19(29-21)20(28)27-11-5-6-17(27)18-16(12-24-14(3)26-18)15-7-9-22-10-8-15/h7-10,12,17H,4-6,11H2,1-3H3,(H,23,25)/t17-/m0/s1. The number of nitrogens with one attached hydrogen (secondary N) is 1. The second-order valence-electron chi connectivity index (χ2n) is 7.07. The van der Waals surface area contributed by atoms with Crippen LogP contribution in [0.2, 0.25) is 0 Å². The van der Waals surface area contributed by atoms with Crippen LogP contribution in [0.5, 0.6) is 0 Å².